The molecular formula is C20H23N3O2. The number of methoxy groups -OCH3 is 1. The lowest BCUT2D eigenvalue weighted by Gasteiger charge is -2.33. The van der Waals surface area contributed by atoms with Crippen molar-refractivity contribution in [1.29, 1.82) is 0 Å². The third kappa shape index (κ3) is 4.90. The smallest absolute Gasteiger partial charge is 0.337 e. The highest BCUT2D eigenvalue weighted by molar-refractivity contribution is 5.90. The Hall–Kier alpha value is -2.66. The predicted molar refractivity (Wildman–Crippen MR) is 98.7 cm³/mol. The number of esters is 1. The topological polar surface area (TPSA) is 45.1 Å². The van der Waals surface area contributed by atoms with Gasteiger partial charge >= 0.3 is 5.97 Å². The van der Waals surface area contributed by atoms with Crippen LogP contribution in [0.3, 0.4) is 0 Å². The van der Waals surface area contributed by atoms with Crippen molar-refractivity contribution < 1.29 is 9.53 Å². The molecule has 0 atom stereocenters. The van der Waals surface area contributed by atoms with E-state index >= 15 is 0 Å². The fourth-order valence-electron chi connectivity index (χ4n) is 2.82. The number of ether oxygens (including phenoxy) is 1. The Bertz CT molecular complexity index is 705. The van der Waals surface area contributed by atoms with Crippen molar-refractivity contribution in [3.63, 3.8) is 0 Å². The van der Waals surface area contributed by atoms with Crippen molar-refractivity contribution in [2.45, 2.75) is 6.54 Å². The van der Waals surface area contributed by atoms with Crippen molar-refractivity contribution in [1.82, 2.24) is 9.91 Å². The molecule has 0 bridgehead atoms. The van der Waals surface area contributed by atoms with Crippen molar-refractivity contribution in [2.24, 2.45) is 5.10 Å². The molecule has 0 amide bonds. The van der Waals surface area contributed by atoms with Gasteiger partial charge in [0.05, 0.1) is 18.9 Å². The van der Waals surface area contributed by atoms with Crippen LogP contribution in [-0.4, -0.2) is 55.4 Å². The molecule has 1 aliphatic rings. The van der Waals surface area contributed by atoms with Gasteiger partial charge in [-0.3, -0.25) is 9.91 Å². The van der Waals surface area contributed by atoms with Crippen LogP contribution in [0.15, 0.2) is 59.7 Å². The van der Waals surface area contributed by atoms with Crippen molar-refractivity contribution in [3.05, 3.63) is 71.3 Å². The van der Waals surface area contributed by atoms with Gasteiger partial charge in [-0.1, -0.05) is 42.5 Å². The van der Waals surface area contributed by atoms with Crippen LogP contribution in [0, 0.1) is 0 Å². The normalized spacial score (nSPS) is 15.5. The molecule has 5 nitrogen and oxygen atoms in total. The van der Waals surface area contributed by atoms with Gasteiger partial charge in [-0.25, -0.2) is 4.79 Å². The fraction of sp³-hybridized carbons (Fsp3) is 0.300. The second-order valence-corrected chi connectivity index (χ2v) is 6.07. The van der Waals surface area contributed by atoms with Gasteiger partial charge in [0.1, 0.15) is 0 Å². The first kappa shape index (κ1) is 17.2. The summed E-state index contributed by atoms with van der Waals surface area (Å²) in [6.45, 7) is 4.85. The summed E-state index contributed by atoms with van der Waals surface area (Å²) in [4.78, 5) is 13.9. The molecule has 0 aromatic heterocycles. The van der Waals surface area contributed by atoms with Crippen LogP contribution < -0.4 is 0 Å². The summed E-state index contributed by atoms with van der Waals surface area (Å²) in [6.07, 6.45) is 1.84. The van der Waals surface area contributed by atoms with Crippen molar-refractivity contribution in [3.8, 4) is 0 Å². The number of hydrogen-bond acceptors (Lipinski definition) is 5. The van der Waals surface area contributed by atoms with E-state index in [2.05, 4.69) is 39.3 Å². The Labute approximate surface area is 148 Å². The van der Waals surface area contributed by atoms with Gasteiger partial charge in [-0.15, -0.1) is 0 Å². The maximum absolute atomic E-state index is 11.4. The highest BCUT2D eigenvalue weighted by atomic mass is 16.5. The van der Waals surface area contributed by atoms with E-state index in [9.17, 15) is 4.79 Å². The maximum Gasteiger partial charge on any atom is 0.337 e. The Balaban J connectivity index is 1.48. The first-order chi connectivity index (χ1) is 12.2. The molecule has 130 valence electrons. The Kier molecular flexibility index (Phi) is 5.80. The summed E-state index contributed by atoms with van der Waals surface area (Å²) in [7, 11) is 1.38. The molecular weight excluding hydrogens is 314 g/mol. The summed E-state index contributed by atoms with van der Waals surface area (Å²) >= 11 is 0. The molecule has 5 heteroatoms. The lowest BCUT2D eigenvalue weighted by Crippen LogP contribution is -2.43. The lowest BCUT2D eigenvalue weighted by molar-refractivity contribution is 0.0600. The number of hydrogen-bond donors (Lipinski definition) is 0. The second-order valence-electron chi connectivity index (χ2n) is 6.07. The number of hydrazone groups is 1. The van der Waals surface area contributed by atoms with Crippen LogP contribution in [0.1, 0.15) is 21.5 Å². The Morgan fingerprint density at radius 2 is 1.72 bits per heavy atom. The minimum absolute atomic E-state index is 0.321. The van der Waals surface area contributed by atoms with E-state index in [1.807, 2.05) is 24.4 Å². The van der Waals surface area contributed by atoms with Crippen LogP contribution in [0.4, 0.5) is 0 Å². The number of benzene rings is 2. The average molecular weight is 337 g/mol. The Morgan fingerprint density at radius 1 is 1.04 bits per heavy atom. The molecule has 0 spiro atoms. The summed E-state index contributed by atoms with van der Waals surface area (Å²) < 4.78 is 4.70. The second kappa shape index (κ2) is 8.44. The fourth-order valence-corrected chi connectivity index (χ4v) is 2.82. The van der Waals surface area contributed by atoms with E-state index < -0.39 is 0 Å². The van der Waals surface area contributed by atoms with Gasteiger partial charge in [-0.05, 0) is 23.3 Å². The van der Waals surface area contributed by atoms with Crippen LogP contribution in [0.25, 0.3) is 0 Å². The van der Waals surface area contributed by atoms with Crippen LogP contribution in [-0.2, 0) is 11.3 Å². The zero-order valence-electron chi connectivity index (χ0n) is 14.5. The predicted octanol–water partition coefficient (Wildman–Crippen LogP) is 2.62. The van der Waals surface area contributed by atoms with Gasteiger partial charge in [0.25, 0.3) is 0 Å². The molecule has 2 aromatic carbocycles. The van der Waals surface area contributed by atoms with Gasteiger partial charge < -0.3 is 4.74 Å². The molecule has 0 N–H and O–H groups in total. The monoisotopic (exact) mass is 337 g/mol. The van der Waals surface area contributed by atoms with Crippen LogP contribution >= 0.6 is 0 Å². The standard InChI is InChI=1S/C20H23N3O2/c1-25-20(24)19-9-7-17(8-10-19)15-21-23-13-11-22(12-14-23)16-18-5-3-2-4-6-18/h2-10,15H,11-14,16H2,1H3/b21-15+. The molecule has 1 fully saturated rings. The zero-order valence-corrected chi connectivity index (χ0v) is 14.5. The molecule has 1 heterocycles. The van der Waals surface area contributed by atoms with E-state index in [-0.39, 0.29) is 5.97 Å². The molecule has 1 saturated heterocycles. The number of nitrogens with zero attached hydrogens (tertiary/aromatic N) is 3. The van der Waals surface area contributed by atoms with Crippen LogP contribution in [0.5, 0.6) is 0 Å². The van der Waals surface area contributed by atoms with Crippen molar-refractivity contribution >= 4 is 12.2 Å². The summed E-state index contributed by atoms with van der Waals surface area (Å²) in [5, 5.41) is 6.65. The first-order valence-electron chi connectivity index (χ1n) is 8.48. The summed E-state index contributed by atoms with van der Waals surface area (Å²) in [6, 6.07) is 17.8. The van der Waals surface area contributed by atoms with E-state index in [0.29, 0.717) is 5.56 Å². The molecule has 3 rings (SSSR count). The summed E-state index contributed by atoms with van der Waals surface area (Å²) in [5.41, 5.74) is 2.87. The highest BCUT2D eigenvalue weighted by Gasteiger charge is 2.15. The average Bonchev–Trinajstić information content (AvgIpc) is 2.68. The highest BCUT2D eigenvalue weighted by Crippen LogP contribution is 2.09. The largest absolute Gasteiger partial charge is 0.465 e. The molecule has 0 radical (unpaired) electrons. The molecule has 1 aliphatic heterocycles. The zero-order chi connectivity index (χ0) is 17.5. The van der Waals surface area contributed by atoms with E-state index in [1.165, 1.54) is 12.7 Å². The van der Waals surface area contributed by atoms with Gasteiger partial charge in [0.15, 0.2) is 0 Å². The third-order valence-corrected chi connectivity index (χ3v) is 4.30. The molecule has 0 unspecified atom stereocenters. The quantitative estimate of drug-likeness (QED) is 0.621. The minimum atomic E-state index is -0.321. The number of carbonyl (C=O) groups excluding carboxylic acids is 1. The number of carbonyl (C=O) groups is 1. The number of piperazine rings is 1. The van der Waals surface area contributed by atoms with Gasteiger partial charge in [-0.2, -0.15) is 5.10 Å². The van der Waals surface area contributed by atoms with Gasteiger partial charge in [0, 0.05) is 32.7 Å². The molecule has 25 heavy (non-hydrogen) atoms. The molecule has 0 aliphatic carbocycles. The van der Waals surface area contributed by atoms with Crippen molar-refractivity contribution in [2.75, 3.05) is 33.3 Å². The number of rotatable bonds is 5. The summed E-state index contributed by atoms with van der Waals surface area (Å²) in [5.74, 6) is -0.321. The SMILES string of the molecule is COC(=O)c1ccc(/C=N/N2CCN(Cc3ccccc3)CC2)cc1. The minimum Gasteiger partial charge on any atom is -0.465 e. The van der Waals surface area contributed by atoms with E-state index in [1.54, 1.807) is 12.1 Å². The van der Waals surface area contributed by atoms with E-state index in [0.717, 1.165) is 38.3 Å². The third-order valence-electron chi connectivity index (χ3n) is 4.30. The van der Waals surface area contributed by atoms with Crippen LogP contribution in [0.2, 0.25) is 0 Å². The first-order valence-corrected chi connectivity index (χ1v) is 8.48. The maximum atomic E-state index is 11.4. The molecule has 2 aromatic rings. The lowest BCUT2D eigenvalue weighted by atomic mass is 10.1. The van der Waals surface area contributed by atoms with E-state index in [4.69, 9.17) is 4.74 Å². The molecule has 0 saturated carbocycles. The Morgan fingerprint density at radius 3 is 2.36 bits per heavy atom. The van der Waals surface area contributed by atoms with Gasteiger partial charge in [0.2, 0.25) is 0 Å².